The second-order valence-corrected chi connectivity index (χ2v) is 6.01. The maximum atomic E-state index is 12.6. The van der Waals surface area contributed by atoms with Gasteiger partial charge in [-0.25, -0.2) is 0 Å². The van der Waals surface area contributed by atoms with Crippen LogP contribution in [0.15, 0.2) is 0 Å². The summed E-state index contributed by atoms with van der Waals surface area (Å²) in [6.45, 7) is 2.79. The third kappa shape index (κ3) is 2.68. The molecule has 2 aliphatic rings. The van der Waals surface area contributed by atoms with Crippen molar-refractivity contribution in [1.29, 1.82) is 0 Å². The molecule has 102 valence electrons. The van der Waals surface area contributed by atoms with E-state index in [1.807, 2.05) is 4.90 Å². The minimum absolute atomic E-state index is 0.0822. The van der Waals surface area contributed by atoms with Gasteiger partial charge in [-0.05, 0) is 32.1 Å². The third-order valence-corrected chi connectivity index (χ3v) is 4.52. The number of rotatable bonds is 3. The Balaban J connectivity index is 2.08. The first-order chi connectivity index (χ1) is 8.53. The summed E-state index contributed by atoms with van der Waals surface area (Å²) >= 11 is 0. The molecule has 0 aromatic carbocycles. The van der Waals surface area contributed by atoms with Gasteiger partial charge in [0.2, 0.25) is 5.91 Å². The van der Waals surface area contributed by atoms with Crippen molar-refractivity contribution in [2.45, 2.75) is 64.3 Å². The van der Waals surface area contributed by atoms with Gasteiger partial charge in [-0.3, -0.25) is 9.59 Å². The monoisotopic (exact) mass is 253 g/mol. The van der Waals surface area contributed by atoms with Gasteiger partial charge in [0, 0.05) is 18.0 Å². The minimum atomic E-state index is -0.795. The normalized spacial score (nSPS) is 27.2. The molecule has 0 radical (unpaired) electrons. The van der Waals surface area contributed by atoms with Gasteiger partial charge in [0.05, 0.1) is 6.42 Å². The molecule has 1 aliphatic heterocycles. The minimum Gasteiger partial charge on any atom is -0.481 e. The molecule has 1 heterocycles. The van der Waals surface area contributed by atoms with E-state index in [1.54, 1.807) is 0 Å². The number of nitrogens with zero attached hydrogens (tertiary/aromatic N) is 1. The van der Waals surface area contributed by atoms with Crippen molar-refractivity contribution in [3.05, 3.63) is 0 Å². The zero-order valence-electron chi connectivity index (χ0n) is 11.2. The molecular formula is C14H23NO3. The number of likely N-dealkylation sites (tertiary alicyclic amines) is 1. The molecule has 1 saturated carbocycles. The van der Waals surface area contributed by atoms with Crippen LogP contribution in [-0.2, 0) is 9.59 Å². The Morgan fingerprint density at radius 2 is 1.89 bits per heavy atom. The van der Waals surface area contributed by atoms with Crippen LogP contribution in [0.2, 0.25) is 0 Å². The zero-order valence-corrected chi connectivity index (χ0v) is 11.2. The van der Waals surface area contributed by atoms with Crippen molar-refractivity contribution < 1.29 is 14.7 Å². The van der Waals surface area contributed by atoms with E-state index in [1.165, 1.54) is 0 Å². The number of piperidine rings is 1. The van der Waals surface area contributed by atoms with E-state index in [9.17, 15) is 9.59 Å². The molecule has 0 bridgehead atoms. The Labute approximate surface area is 108 Å². The van der Waals surface area contributed by atoms with E-state index in [2.05, 4.69) is 6.92 Å². The SMILES string of the molecule is CC1(C(=O)N2CCCCC2CC(=O)O)CCCC1. The van der Waals surface area contributed by atoms with Crippen LogP contribution in [0.25, 0.3) is 0 Å². The highest BCUT2D eigenvalue weighted by atomic mass is 16.4. The Bertz CT molecular complexity index is 334. The van der Waals surface area contributed by atoms with E-state index in [4.69, 9.17) is 5.11 Å². The largest absolute Gasteiger partial charge is 0.481 e. The highest BCUT2D eigenvalue weighted by molar-refractivity contribution is 5.83. The number of carbonyl (C=O) groups is 2. The van der Waals surface area contributed by atoms with Gasteiger partial charge in [0.15, 0.2) is 0 Å². The average molecular weight is 253 g/mol. The number of carbonyl (C=O) groups excluding carboxylic acids is 1. The smallest absolute Gasteiger partial charge is 0.305 e. The summed E-state index contributed by atoms with van der Waals surface area (Å²) in [7, 11) is 0. The van der Waals surface area contributed by atoms with E-state index in [-0.39, 0.29) is 23.8 Å². The molecule has 0 spiro atoms. The van der Waals surface area contributed by atoms with Crippen LogP contribution in [0.3, 0.4) is 0 Å². The fraction of sp³-hybridized carbons (Fsp3) is 0.857. The molecule has 1 saturated heterocycles. The number of carboxylic acids is 1. The molecule has 0 aromatic rings. The molecule has 0 aromatic heterocycles. The van der Waals surface area contributed by atoms with E-state index in [0.29, 0.717) is 0 Å². The predicted octanol–water partition coefficient (Wildman–Crippen LogP) is 2.42. The quantitative estimate of drug-likeness (QED) is 0.840. The van der Waals surface area contributed by atoms with E-state index >= 15 is 0 Å². The van der Waals surface area contributed by atoms with Crippen molar-refractivity contribution in [2.75, 3.05) is 6.54 Å². The van der Waals surface area contributed by atoms with Crippen molar-refractivity contribution in [2.24, 2.45) is 5.41 Å². The van der Waals surface area contributed by atoms with Crippen molar-refractivity contribution in [3.63, 3.8) is 0 Å². The lowest BCUT2D eigenvalue weighted by Crippen LogP contribution is -2.50. The topological polar surface area (TPSA) is 57.6 Å². The average Bonchev–Trinajstić information content (AvgIpc) is 2.76. The van der Waals surface area contributed by atoms with Gasteiger partial charge >= 0.3 is 5.97 Å². The van der Waals surface area contributed by atoms with Gasteiger partial charge < -0.3 is 10.0 Å². The number of hydrogen-bond acceptors (Lipinski definition) is 2. The molecule has 4 heteroatoms. The summed E-state index contributed by atoms with van der Waals surface area (Å²) in [6, 6.07) is -0.0822. The highest BCUT2D eigenvalue weighted by Gasteiger charge is 2.41. The number of hydrogen-bond donors (Lipinski definition) is 1. The Kier molecular flexibility index (Phi) is 3.93. The summed E-state index contributed by atoms with van der Waals surface area (Å²) in [5.41, 5.74) is -0.228. The van der Waals surface area contributed by atoms with Gasteiger partial charge in [0.1, 0.15) is 0 Å². The van der Waals surface area contributed by atoms with Crippen molar-refractivity contribution >= 4 is 11.9 Å². The molecule has 1 amide bonds. The second kappa shape index (κ2) is 5.29. The summed E-state index contributed by atoms with van der Waals surface area (Å²) in [5, 5.41) is 8.96. The summed E-state index contributed by atoms with van der Waals surface area (Å²) < 4.78 is 0. The van der Waals surface area contributed by atoms with E-state index < -0.39 is 5.97 Å². The molecule has 2 rings (SSSR count). The number of carboxylic acid groups (broad SMARTS) is 1. The van der Waals surface area contributed by atoms with Crippen LogP contribution in [0.4, 0.5) is 0 Å². The molecule has 1 aliphatic carbocycles. The van der Waals surface area contributed by atoms with E-state index in [0.717, 1.165) is 51.5 Å². The van der Waals surface area contributed by atoms with Crippen LogP contribution in [0.1, 0.15) is 58.3 Å². The van der Waals surface area contributed by atoms with Gasteiger partial charge in [-0.15, -0.1) is 0 Å². The highest BCUT2D eigenvalue weighted by Crippen LogP contribution is 2.40. The Morgan fingerprint density at radius 1 is 1.22 bits per heavy atom. The first-order valence-electron chi connectivity index (χ1n) is 7.06. The molecular weight excluding hydrogens is 230 g/mol. The molecule has 18 heavy (non-hydrogen) atoms. The fourth-order valence-corrected chi connectivity index (χ4v) is 3.40. The van der Waals surface area contributed by atoms with Crippen LogP contribution in [-0.4, -0.2) is 34.5 Å². The summed E-state index contributed by atoms with van der Waals surface area (Å²) in [6.07, 6.45) is 7.16. The maximum absolute atomic E-state index is 12.6. The molecule has 2 fully saturated rings. The van der Waals surface area contributed by atoms with Crippen LogP contribution < -0.4 is 0 Å². The molecule has 1 N–H and O–H groups in total. The van der Waals surface area contributed by atoms with Gasteiger partial charge in [-0.1, -0.05) is 19.8 Å². The number of amides is 1. The van der Waals surface area contributed by atoms with Crippen molar-refractivity contribution in [1.82, 2.24) is 4.90 Å². The number of aliphatic carboxylic acids is 1. The van der Waals surface area contributed by atoms with Crippen LogP contribution in [0.5, 0.6) is 0 Å². The lowest BCUT2D eigenvalue weighted by atomic mass is 9.85. The van der Waals surface area contributed by atoms with Gasteiger partial charge in [-0.2, -0.15) is 0 Å². The zero-order chi connectivity index (χ0) is 13.2. The Hall–Kier alpha value is -1.06. The lowest BCUT2D eigenvalue weighted by molar-refractivity contribution is -0.147. The first-order valence-corrected chi connectivity index (χ1v) is 7.06. The molecule has 1 atom stereocenters. The first kappa shape index (κ1) is 13.4. The third-order valence-electron chi connectivity index (χ3n) is 4.52. The fourth-order valence-electron chi connectivity index (χ4n) is 3.40. The maximum Gasteiger partial charge on any atom is 0.305 e. The lowest BCUT2D eigenvalue weighted by Gasteiger charge is -2.39. The van der Waals surface area contributed by atoms with Crippen LogP contribution >= 0.6 is 0 Å². The Morgan fingerprint density at radius 3 is 2.50 bits per heavy atom. The van der Waals surface area contributed by atoms with Gasteiger partial charge in [0.25, 0.3) is 0 Å². The summed E-state index contributed by atoms with van der Waals surface area (Å²) in [5.74, 6) is -0.595. The predicted molar refractivity (Wildman–Crippen MR) is 68.2 cm³/mol. The van der Waals surface area contributed by atoms with Crippen LogP contribution in [0, 0.1) is 5.41 Å². The molecule has 4 nitrogen and oxygen atoms in total. The molecule has 1 unspecified atom stereocenters. The summed E-state index contributed by atoms with van der Waals surface area (Å²) in [4.78, 5) is 25.4. The standard InChI is InChI=1S/C14H23NO3/c1-14(7-3-4-8-14)13(18)15-9-5-2-6-11(15)10-12(16)17/h11H,2-10H2,1H3,(H,16,17). The second-order valence-electron chi connectivity index (χ2n) is 6.01. The van der Waals surface area contributed by atoms with Crippen molar-refractivity contribution in [3.8, 4) is 0 Å².